The summed E-state index contributed by atoms with van der Waals surface area (Å²) in [7, 11) is 0. The molecule has 0 aromatic carbocycles. The van der Waals surface area contributed by atoms with E-state index in [0.29, 0.717) is 13.2 Å². The monoisotopic (exact) mass is 408 g/mol. The zero-order valence-electron chi connectivity index (χ0n) is 18.0. The van der Waals surface area contributed by atoms with Crippen LogP contribution in [-0.4, -0.2) is 79.1 Å². The highest BCUT2D eigenvalue weighted by Gasteiger charge is 2.36. The minimum absolute atomic E-state index is 0.146. The fourth-order valence-electron chi connectivity index (χ4n) is 2.72. The Morgan fingerprint density at radius 1 is 0.821 bits per heavy atom. The number of rotatable bonds is 10. The van der Waals surface area contributed by atoms with Crippen LogP contribution in [0.2, 0.25) is 0 Å². The molecule has 2 heterocycles. The van der Waals surface area contributed by atoms with E-state index < -0.39 is 0 Å². The first kappa shape index (κ1) is 27.7. The topological polar surface area (TPSA) is 109 Å². The molecule has 2 rings (SSSR count). The number of aliphatic hydroxyl groups excluding tert-OH is 4. The lowest BCUT2D eigenvalue weighted by Gasteiger charge is -2.40. The molecule has 2 fully saturated rings. The number of hydrogen-bond acceptors (Lipinski definition) is 7. The van der Waals surface area contributed by atoms with E-state index in [0.717, 1.165) is 38.9 Å². The van der Waals surface area contributed by atoms with Gasteiger partial charge in [0.2, 0.25) is 0 Å². The van der Waals surface area contributed by atoms with Crippen molar-refractivity contribution in [1.29, 1.82) is 0 Å². The summed E-state index contributed by atoms with van der Waals surface area (Å²) in [6, 6.07) is 0. The van der Waals surface area contributed by atoms with Gasteiger partial charge in [-0.3, -0.25) is 0 Å². The average molecular weight is 409 g/mol. The van der Waals surface area contributed by atoms with Crippen molar-refractivity contribution in [2.45, 2.75) is 71.0 Å². The maximum Gasteiger partial charge on any atom is 0.168 e. The molecule has 170 valence electrons. The van der Waals surface area contributed by atoms with E-state index in [1.54, 1.807) is 0 Å². The Balaban J connectivity index is 0.000000496. The van der Waals surface area contributed by atoms with Crippen LogP contribution in [0.15, 0.2) is 0 Å². The van der Waals surface area contributed by atoms with Gasteiger partial charge in [0.15, 0.2) is 5.79 Å². The second kappa shape index (κ2) is 18.7. The molecule has 0 aliphatic carbocycles. The van der Waals surface area contributed by atoms with Crippen LogP contribution >= 0.6 is 0 Å². The minimum Gasteiger partial charge on any atom is -0.396 e. The van der Waals surface area contributed by atoms with E-state index in [-0.39, 0.29) is 44.1 Å². The summed E-state index contributed by atoms with van der Waals surface area (Å²) < 4.78 is 16.7. The van der Waals surface area contributed by atoms with Gasteiger partial charge in [-0.25, -0.2) is 0 Å². The van der Waals surface area contributed by atoms with Gasteiger partial charge in [0.1, 0.15) is 0 Å². The Hall–Kier alpha value is -0.280. The van der Waals surface area contributed by atoms with Crippen LogP contribution in [0.4, 0.5) is 0 Å². The van der Waals surface area contributed by atoms with Gasteiger partial charge < -0.3 is 34.6 Å². The summed E-state index contributed by atoms with van der Waals surface area (Å²) in [6.07, 6.45) is 9.17. The number of hydrogen-bond donors (Lipinski definition) is 4. The first-order valence-electron chi connectivity index (χ1n) is 10.9. The van der Waals surface area contributed by atoms with E-state index in [4.69, 9.17) is 34.6 Å². The van der Waals surface area contributed by atoms with Gasteiger partial charge in [-0.1, -0.05) is 26.7 Å². The van der Waals surface area contributed by atoms with Gasteiger partial charge >= 0.3 is 0 Å². The smallest absolute Gasteiger partial charge is 0.168 e. The molecule has 2 saturated heterocycles. The van der Waals surface area contributed by atoms with Crippen molar-refractivity contribution in [1.82, 2.24) is 0 Å². The number of unbranched alkanes of at least 4 members (excludes halogenated alkanes) is 2. The van der Waals surface area contributed by atoms with Crippen molar-refractivity contribution in [2.75, 3.05) is 52.9 Å². The summed E-state index contributed by atoms with van der Waals surface area (Å²) >= 11 is 0. The van der Waals surface area contributed by atoms with Gasteiger partial charge in [-0.05, 0) is 25.7 Å². The third-order valence-electron chi connectivity index (χ3n) is 4.85. The van der Waals surface area contributed by atoms with Crippen LogP contribution in [0.25, 0.3) is 0 Å². The van der Waals surface area contributed by atoms with Crippen LogP contribution in [0.1, 0.15) is 65.2 Å². The predicted molar refractivity (Wildman–Crippen MR) is 109 cm³/mol. The van der Waals surface area contributed by atoms with Crippen molar-refractivity contribution < 1.29 is 34.6 Å². The van der Waals surface area contributed by atoms with Gasteiger partial charge in [0, 0.05) is 37.9 Å². The lowest BCUT2D eigenvalue weighted by molar-refractivity contribution is -0.292. The van der Waals surface area contributed by atoms with Crippen molar-refractivity contribution in [3.05, 3.63) is 0 Å². The standard InChI is InChI=1S/C13H26O3.C4H10O3.C4H8O/c1-3-5-7-13(8-6-4-2)15-10-12(9-14)11-16-13;5-1-4(2-6)3-7;1-2-4-5-3-1/h12,14H,3-11H2,1-2H3;4-7H,1-3H2;1-4H2. The molecule has 2 aliphatic rings. The number of aliphatic hydroxyl groups is 4. The Kier molecular flexibility index (Phi) is 18.5. The number of ether oxygens (including phenoxy) is 3. The largest absolute Gasteiger partial charge is 0.396 e. The van der Waals surface area contributed by atoms with E-state index in [1.165, 1.54) is 25.7 Å². The molecule has 0 spiro atoms. The van der Waals surface area contributed by atoms with Crippen LogP contribution in [-0.2, 0) is 14.2 Å². The molecular formula is C21H44O7. The Morgan fingerprint density at radius 3 is 1.54 bits per heavy atom. The normalized spacial score (nSPS) is 19.0. The van der Waals surface area contributed by atoms with Gasteiger partial charge in [-0.2, -0.15) is 0 Å². The molecule has 0 bridgehead atoms. The summed E-state index contributed by atoms with van der Waals surface area (Å²) in [5.41, 5.74) is 0. The minimum atomic E-state index is -0.350. The summed E-state index contributed by atoms with van der Waals surface area (Å²) in [4.78, 5) is 0. The Bertz CT molecular complexity index is 289. The predicted octanol–water partition coefficient (Wildman–Crippen LogP) is 2.09. The highest BCUT2D eigenvalue weighted by Crippen LogP contribution is 2.31. The van der Waals surface area contributed by atoms with E-state index in [9.17, 15) is 0 Å². The van der Waals surface area contributed by atoms with Crippen molar-refractivity contribution in [2.24, 2.45) is 11.8 Å². The summed E-state index contributed by atoms with van der Waals surface area (Å²) in [5.74, 6) is -0.533. The fourth-order valence-corrected chi connectivity index (χ4v) is 2.72. The molecule has 7 heteroatoms. The molecule has 0 saturated carbocycles. The lowest BCUT2D eigenvalue weighted by Crippen LogP contribution is -2.45. The Morgan fingerprint density at radius 2 is 1.29 bits per heavy atom. The van der Waals surface area contributed by atoms with Gasteiger partial charge in [0.25, 0.3) is 0 Å². The molecule has 0 radical (unpaired) electrons. The third-order valence-corrected chi connectivity index (χ3v) is 4.85. The van der Waals surface area contributed by atoms with Gasteiger partial charge in [-0.15, -0.1) is 0 Å². The molecule has 28 heavy (non-hydrogen) atoms. The van der Waals surface area contributed by atoms with Crippen molar-refractivity contribution >= 4 is 0 Å². The van der Waals surface area contributed by atoms with E-state index in [1.807, 2.05) is 0 Å². The molecule has 0 amide bonds. The van der Waals surface area contributed by atoms with E-state index >= 15 is 0 Å². The first-order valence-corrected chi connectivity index (χ1v) is 10.9. The van der Waals surface area contributed by atoms with Crippen LogP contribution in [0, 0.1) is 11.8 Å². The summed E-state index contributed by atoms with van der Waals surface area (Å²) in [6.45, 7) is 7.39. The molecular weight excluding hydrogens is 364 g/mol. The Labute approximate surface area is 171 Å². The molecule has 2 aliphatic heterocycles. The lowest BCUT2D eigenvalue weighted by atomic mass is 10.00. The molecule has 0 aromatic heterocycles. The van der Waals surface area contributed by atoms with E-state index in [2.05, 4.69) is 13.8 Å². The summed E-state index contributed by atoms with van der Waals surface area (Å²) in [5, 5.41) is 33.7. The quantitative estimate of drug-likeness (QED) is 0.438. The maximum atomic E-state index is 9.05. The molecule has 0 aromatic rings. The van der Waals surface area contributed by atoms with Crippen LogP contribution < -0.4 is 0 Å². The fraction of sp³-hybridized carbons (Fsp3) is 1.00. The molecule has 0 atom stereocenters. The SMILES string of the molecule is C1CCOC1.CCCCC1(CCCC)OCC(CO)CO1.OCC(CO)CO. The molecule has 4 N–H and O–H groups in total. The van der Waals surface area contributed by atoms with Crippen molar-refractivity contribution in [3.63, 3.8) is 0 Å². The first-order chi connectivity index (χ1) is 13.6. The third kappa shape index (κ3) is 13.0. The average Bonchev–Trinajstić information content (AvgIpc) is 3.33. The van der Waals surface area contributed by atoms with Crippen LogP contribution in [0.5, 0.6) is 0 Å². The maximum absolute atomic E-state index is 9.05. The van der Waals surface area contributed by atoms with Crippen molar-refractivity contribution in [3.8, 4) is 0 Å². The zero-order valence-corrected chi connectivity index (χ0v) is 18.0. The highest BCUT2D eigenvalue weighted by atomic mass is 16.7. The zero-order chi connectivity index (χ0) is 21.1. The van der Waals surface area contributed by atoms with Gasteiger partial charge in [0.05, 0.1) is 39.6 Å². The second-order valence-corrected chi connectivity index (χ2v) is 7.52. The molecule has 0 unspecified atom stereocenters. The second-order valence-electron chi connectivity index (χ2n) is 7.52. The van der Waals surface area contributed by atoms with Crippen LogP contribution in [0.3, 0.4) is 0 Å². The highest BCUT2D eigenvalue weighted by molar-refractivity contribution is 4.76. The molecule has 7 nitrogen and oxygen atoms in total.